The predicted octanol–water partition coefficient (Wildman–Crippen LogP) is 2.63. The fourth-order valence-electron chi connectivity index (χ4n) is 3.42. The second-order valence-electron chi connectivity index (χ2n) is 5.14. The van der Waals surface area contributed by atoms with Gasteiger partial charge in [-0.2, -0.15) is 0 Å². The number of carbonyl (C=O) groups is 1. The fraction of sp³-hybridized carbons (Fsp3) is 0.909. The van der Waals surface area contributed by atoms with Crippen molar-refractivity contribution in [2.75, 3.05) is 0 Å². The lowest BCUT2D eigenvalue weighted by molar-refractivity contribution is -0.152. The third kappa shape index (κ3) is 1.64. The van der Waals surface area contributed by atoms with Crippen molar-refractivity contribution in [3.05, 3.63) is 0 Å². The van der Waals surface area contributed by atoms with Gasteiger partial charge in [0.1, 0.15) is 5.67 Å². The van der Waals surface area contributed by atoms with E-state index < -0.39 is 11.6 Å². The standard InChI is InChI=1S/C11H17FO2/c1-11(12)5-7-3-2-4-8(6-11)9(7)10(13)14/h7-9H,2-6H2,1H3,(H,13,14). The molecule has 2 rings (SSSR count). The van der Waals surface area contributed by atoms with Crippen LogP contribution in [0.25, 0.3) is 0 Å². The van der Waals surface area contributed by atoms with E-state index in [1.165, 1.54) is 0 Å². The lowest BCUT2D eigenvalue weighted by Gasteiger charge is -2.45. The van der Waals surface area contributed by atoms with Crippen LogP contribution in [0, 0.1) is 17.8 Å². The molecule has 2 saturated carbocycles. The monoisotopic (exact) mass is 200 g/mol. The minimum Gasteiger partial charge on any atom is -0.481 e. The molecule has 2 fully saturated rings. The first kappa shape index (κ1) is 9.94. The van der Waals surface area contributed by atoms with E-state index in [1.807, 2.05) is 0 Å². The summed E-state index contributed by atoms with van der Waals surface area (Å²) in [5.41, 5.74) is -1.12. The number of alkyl halides is 1. The summed E-state index contributed by atoms with van der Waals surface area (Å²) in [6, 6.07) is 0. The van der Waals surface area contributed by atoms with E-state index in [-0.39, 0.29) is 17.8 Å². The van der Waals surface area contributed by atoms with Crippen molar-refractivity contribution >= 4 is 5.97 Å². The summed E-state index contributed by atoms with van der Waals surface area (Å²) in [5, 5.41) is 9.09. The zero-order valence-electron chi connectivity index (χ0n) is 8.50. The molecule has 0 radical (unpaired) electrons. The van der Waals surface area contributed by atoms with Gasteiger partial charge in [-0.3, -0.25) is 4.79 Å². The van der Waals surface area contributed by atoms with Crippen LogP contribution in [-0.4, -0.2) is 16.7 Å². The second kappa shape index (κ2) is 3.21. The van der Waals surface area contributed by atoms with Gasteiger partial charge in [0.2, 0.25) is 0 Å². The number of fused-ring (bicyclic) bond motifs is 2. The first-order valence-corrected chi connectivity index (χ1v) is 5.41. The normalized spacial score (nSPS) is 47.4. The van der Waals surface area contributed by atoms with E-state index in [1.54, 1.807) is 6.92 Å². The van der Waals surface area contributed by atoms with Crippen molar-refractivity contribution in [1.29, 1.82) is 0 Å². The van der Waals surface area contributed by atoms with E-state index in [4.69, 9.17) is 5.11 Å². The van der Waals surface area contributed by atoms with Crippen LogP contribution < -0.4 is 0 Å². The predicted molar refractivity (Wildman–Crippen MR) is 50.7 cm³/mol. The number of halogens is 1. The molecular formula is C11H17FO2. The van der Waals surface area contributed by atoms with Gasteiger partial charge in [-0.1, -0.05) is 6.42 Å². The molecule has 0 aromatic carbocycles. The van der Waals surface area contributed by atoms with E-state index >= 15 is 0 Å². The largest absolute Gasteiger partial charge is 0.481 e. The highest BCUT2D eigenvalue weighted by Crippen LogP contribution is 2.49. The van der Waals surface area contributed by atoms with Gasteiger partial charge in [0.05, 0.1) is 5.92 Å². The molecule has 2 unspecified atom stereocenters. The maximum Gasteiger partial charge on any atom is 0.307 e. The quantitative estimate of drug-likeness (QED) is 0.706. The van der Waals surface area contributed by atoms with Gasteiger partial charge in [0.15, 0.2) is 0 Å². The molecule has 2 atom stereocenters. The average Bonchev–Trinajstić information content (AvgIpc) is 1.99. The molecule has 0 spiro atoms. The van der Waals surface area contributed by atoms with Gasteiger partial charge in [-0.25, -0.2) is 4.39 Å². The number of rotatable bonds is 1. The van der Waals surface area contributed by atoms with Gasteiger partial charge in [0, 0.05) is 0 Å². The van der Waals surface area contributed by atoms with Crippen molar-refractivity contribution in [1.82, 2.24) is 0 Å². The number of aliphatic carboxylic acids is 1. The SMILES string of the molecule is CC1(F)CC2CCCC(C1)C2C(=O)O. The smallest absolute Gasteiger partial charge is 0.307 e. The minimum atomic E-state index is -1.12. The molecule has 2 bridgehead atoms. The molecule has 2 aliphatic rings. The first-order chi connectivity index (χ1) is 6.49. The highest BCUT2D eigenvalue weighted by molar-refractivity contribution is 5.71. The molecule has 0 heterocycles. The van der Waals surface area contributed by atoms with Crippen molar-refractivity contribution in [3.8, 4) is 0 Å². The van der Waals surface area contributed by atoms with Gasteiger partial charge >= 0.3 is 5.97 Å². The summed E-state index contributed by atoms with van der Waals surface area (Å²) in [7, 11) is 0. The maximum absolute atomic E-state index is 13.8. The lowest BCUT2D eigenvalue weighted by Crippen LogP contribution is -2.45. The van der Waals surface area contributed by atoms with E-state index in [2.05, 4.69) is 0 Å². The number of carboxylic acid groups (broad SMARTS) is 1. The van der Waals surface area contributed by atoms with E-state index in [0.717, 1.165) is 19.3 Å². The Hall–Kier alpha value is -0.600. The Morgan fingerprint density at radius 1 is 1.36 bits per heavy atom. The van der Waals surface area contributed by atoms with Gasteiger partial charge < -0.3 is 5.11 Å². The zero-order chi connectivity index (χ0) is 10.3. The van der Waals surface area contributed by atoms with Crippen molar-refractivity contribution in [2.45, 2.75) is 44.7 Å². The Bertz CT molecular complexity index is 234. The summed E-state index contributed by atoms with van der Waals surface area (Å²) in [6.45, 7) is 1.62. The van der Waals surface area contributed by atoms with Crippen molar-refractivity contribution < 1.29 is 14.3 Å². The van der Waals surface area contributed by atoms with Crippen LogP contribution in [-0.2, 0) is 4.79 Å². The average molecular weight is 200 g/mol. The molecule has 0 aliphatic heterocycles. The summed E-state index contributed by atoms with van der Waals surface area (Å²) < 4.78 is 13.8. The van der Waals surface area contributed by atoms with Gasteiger partial charge in [0.25, 0.3) is 0 Å². The summed E-state index contributed by atoms with van der Waals surface area (Å²) in [5.74, 6) is -0.826. The van der Waals surface area contributed by atoms with Crippen LogP contribution in [0.15, 0.2) is 0 Å². The lowest BCUT2D eigenvalue weighted by atomic mass is 9.61. The molecular weight excluding hydrogens is 183 g/mol. The first-order valence-electron chi connectivity index (χ1n) is 5.41. The van der Waals surface area contributed by atoms with Crippen LogP contribution in [0.5, 0.6) is 0 Å². The molecule has 80 valence electrons. The molecule has 0 saturated heterocycles. The molecule has 3 heteroatoms. The van der Waals surface area contributed by atoms with Crippen molar-refractivity contribution in [2.24, 2.45) is 17.8 Å². The fourth-order valence-corrected chi connectivity index (χ4v) is 3.42. The maximum atomic E-state index is 13.8. The zero-order valence-corrected chi connectivity index (χ0v) is 8.50. The van der Waals surface area contributed by atoms with Gasteiger partial charge in [-0.15, -0.1) is 0 Å². The molecule has 2 aliphatic carbocycles. The Kier molecular flexibility index (Phi) is 2.28. The van der Waals surface area contributed by atoms with Crippen LogP contribution >= 0.6 is 0 Å². The Morgan fingerprint density at radius 3 is 2.29 bits per heavy atom. The highest BCUT2D eigenvalue weighted by atomic mass is 19.1. The molecule has 0 aromatic rings. The molecule has 1 N–H and O–H groups in total. The van der Waals surface area contributed by atoms with Crippen molar-refractivity contribution in [3.63, 3.8) is 0 Å². The van der Waals surface area contributed by atoms with Crippen LogP contribution in [0.2, 0.25) is 0 Å². The Morgan fingerprint density at radius 2 is 1.86 bits per heavy atom. The molecule has 0 aromatic heterocycles. The third-order valence-electron chi connectivity index (χ3n) is 3.83. The number of carboxylic acids is 1. The van der Waals surface area contributed by atoms with Crippen LogP contribution in [0.3, 0.4) is 0 Å². The Balaban J connectivity index is 2.19. The highest BCUT2D eigenvalue weighted by Gasteiger charge is 2.48. The Labute approximate surface area is 83.5 Å². The molecule has 0 amide bonds. The third-order valence-corrected chi connectivity index (χ3v) is 3.83. The van der Waals surface area contributed by atoms with Crippen LogP contribution in [0.1, 0.15) is 39.0 Å². The van der Waals surface area contributed by atoms with E-state index in [9.17, 15) is 9.18 Å². The van der Waals surface area contributed by atoms with Crippen LogP contribution in [0.4, 0.5) is 4.39 Å². The molecule has 2 nitrogen and oxygen atoms in total. The summed E-state index contributed by atoms with van der Waals surface area (Å²) >= 11 is 0. The molecule has 14 heavy (non-hydrogen) atoms. The summed E-state index contributed by atoms with van der Waals surface area (Å²) in [6.07, 6.45) is 3.76. The summed E-state index contributed by atoms with van der Waals surface area (Å²) in [4.78, 5) is 11.1. The van der Waals surface area contributed by atoms with E-state index in [0.29, 0.717) is 12.8 Å². The van der Waals surface area contributed by atoms with Gasteiger partial charge in [-0.05, 0) is 44.4 Å². The minimum absolute atomic E-state index is 0.0787. The number of hydrogen-bond acceptors (Lipinski definition) is 1. The number of hydrogen-bond donors (Lipinski definition) is 1. The topological polar surface area (TPSA) is 37.3 Å². The second-order valence-corrected chi connectivity index (χ2v) is 5.14.